The number of aryl methyl sites for hydroxylation is 2. The molecule has 0 aliphatic heterocycles. The van der Waals surface area contributed by atoms with E-state index in [4.69, 9.17) is 5.73 Å². The molecule has 0 saturated heterocycles. The van der Waals surface area contributed by atoms with Crippen LogP contribution in [-0.2, 0) is 19.9 Å². The Balaban J connectivity index is 2.06. The molecule has 2 aromatic heterocycles. The van der Waals surface area contributed by atoms with E-state index in [1.165, 1.54) is 22.9 Å². The van der Waals surface area contributed by atoms with Gasteiger partial charge in [-0.25, -0.2) is 9.37 Å². The van der Waals surface area contributed by atoms with Crippen LogP contribution in [-0.4, -0.2) is 20.7 Å². The molecule has 0 bridgehead atoms. The number of nitrogens with two attached hydrogens (primary N) is 1. The molecule has 0 saturated carbocycles. The summed E-state index contributed by atoms with van der Waals surface area (Å²) >= 11 is 0. The minimum absolute atomic E-state index is 0.0447. The van der Waals surface area contributed by atoms with Gasteiger partial charge in [0.2, 0.25) is 0 Å². The highest BCUT2D eigenvalue weighted by Gasteiger charge is 2.34. The number of benzene rings is 1. The van der Waals surface area contributed by atoms with Gasteiger partial charge in [-0.15, -0.1) is 0 Å². The van der Waals surface area contributed by atoms with Crippen LogP contribution in [0.4, 0.5) is 40.6 Å². The fourth-order valence-electron chi connectivity index (χ4n) is 2.85. The summed E-state index contributed by atoms with van der Waals surface area (Å²) in [6.45, 7) is 0.907. The summed E-state index contributed by atoms with van der Waals surface area (Å²) in [6.07, 6.45) is -4.06. The number of amides is 1. The number of nitrogens with zero attached hydrogens (tertiary/aromatic N) is 3. The minimum Gasteiger partial charge on any atom is -0.366 e. The van der Waals surface area contributed by atoms with Crippen molar-refractivity contribution in [2.45, 2.75) is 19.8 Å². The van der Waals surface area contributed by atoms with Crippen molar-refractivity contribution in [1.29, 1.82) is 0 Å². The third-order valence-corrected chi connectivity index (χ3v) is 4.24. The summed E-state index contributed by atoms with van der Waals surface area (Å²) in [5.74, 6) is -0.243. The number of hydrogen-bond acceptors (Lipinski definition) is 5. The number of aromatic nitrogens is 3. The van der Waals surface area contributed by atoms with Crippen molar-refractivity contribution in [1.82, 2.24) is 14.8 Å². The Kier molecular flexibility index (Phi) is 5.63. The summed E-state index contributed by atoms with van der Waals surface area (Å²) < 4.78 is 55.1. The first kappa shape index (κ1) is 21.1. The first-order valence-corrected chi connectivity index (χ1v) is 8.69. The van der Waals surface area contributed by atoms with Gasteiger partial charge in [0, 0.05) is 25.4 Å². The molecule has 4 N–H and O–H groups in total. The summed E-state index contributed by atoms with van der Waals surface area (Å²) in [7, 11) is 1.67. The maximum absolute atomic E-state index is 13.5. The van der Waals surface area contributed by atoms with E-state index in [1.807, 2.05) is 0 Å². The quantitative estimate of drug-likeness (QED) is 0.518. The Morgan fingerprint density at radius 2 is 1.90 bits per heavy atom. The van der Waals surface area contributed by atoms with E-state index < -0.39 is 24.3 Å². The van der Waals surface area contributed by atoms with E-state index in [1.54, 1.807) is 20.0 Å². The molecular weight excluding hydrogens is 404 g/mol. The predicted octanol–water partition coefficient (Wildman–Crippen LogP) is 4.20. The van der Waals surface area contributed by atoms with Crippen molar-refractivity contribution >= 4 is 28.9 Å². The van der Waals surface area contributed by atoms with Crippen molar-refractivity contribution in [2.75, 3.05) is 10.6 Å². The lowest BCUT2D eigenvalue weighted by Crippen LogP contribution is -2.15. The van der Waals surface area contributed by atoms with Gasteiger partial charge in [-0.2, -0.15) is 18.3 Å². The SMILES string of the molecule is Cc1cc(Nc2cc(Nc3cc(CF)ccc3C(N)=O)c(C(F)(F)F)cn2)n(C)n1. The normalized spacial score (nSPS) is 11.4. The van der Waals surface area contributed by atoms with Gasteiger partial charge in [-0.1, -0.05) is 6.07 Å². The van der Waals surface area contributed by atoms with Gasteiger partial charge in [0.05, 0.1) is 28.2 Å². The molecule has 0 unspecified atom stereocenters. The average molecular weight is 422 g/mol. The Hall–Kier alpha value is -3.63. The third kappa shape index (κ3) is 4.50. The highest BCUT2D eigenvalue weighted by molar-refractivity contribution is 5.99. The van der Waals surface area contributed by atoms with Gasteiger partial charge in [0.15, 0.2) is 0 Å². The maximum atomic E-state index is 13.5. The molecule has 7 nitrogen and oxygen atoms in total. The minimum atomic E-state index is -4.72. The molecule has 1 aromatic carbocycles. The molecule has 2 heterocycles. The Labute approximate surface area is 168 Å². The van der Waals surface area contributed by atoms with Gasteiger partial charge < -0.3 is 16.4 Å². The molecule has 1 amide bonds. The first-order valence-electron chi connectivity index (χ1n) is 8.69. The van der Waals surface area contributed by atoms with Crippen LogP contribution in [0.1, 0.15) is 27.2 Å². The summed E-state index contributed by atoms with van der Waals surface area (Å²) in [5, 5.41) is 9.60. The molecular formula is C19H18F4N6O. The van der Waals surface area contributed by atoms with E-state index >= 15 is 0 Å². The molecule has 158 valence electrons. The lowest BCUT2D eigenvalue weighted by atomic mass is 10.1. The highest BCUT2D eigenvalue weighted by atomic mass is 19.4. The Morgan fingerprint density at radius 3 is 2.47 bits per heavy atom. The zero-order valence-electron chi connectivity index (χ0n) is 16.0. The van der Waals surface area contributed by atoms with Gasteiger partial charge >= 0.3 is 6.18 Å². The molecule has 0 aliphatic rings. The monoisotopic (exact) mass is 422 g/mol. The molecule has 0 fully saturated rings. The van der Waals surface area contributed by atoms with Crippen molar-refractivity contribution in [3.05, 3.63) is 58.9 Å². The number of anilines is 4. The van der Waals surface area contributed by atoms with E-state index in [-0.39, 0.29) is 28.3 Å². The van der Waals surface area contributed by atoms with Crippen LogP contribution in [0.3, 0.4) is 0 Å². The first-order chi connectivity index (χ1) is 14.1. The van der Waals surface area contributed by atoms with Crippen LogP contribution in [0.5, 0.6) is 0 Å². The maximum Gasteiger partial charge on any atom is 0.419 e. The van der Waals surface area contributed by atoms with Crippen molar-refractivity contribution in [3.8, 4) is 0 Å². The lowest BCUT2D eigenvalue weighted by Gasteiger charge is -2.17. The van der Waals surface area contributed by atoms with Crippen LogP contribution >= 0.6 is 0 Å². The topological polar surface area (TPSA) is 97.9 Å². The van der Waals surface area contributed by atoms with Crippen LogP contribution in [0, 0.1) is 6.92 Å². The molecule has 3 rings (SSSR count). The van der Waals surface area contributed by atoms with E-state index in [0.29, 0.717) is 17.7 Å². The van der Waals surface area contributed by atoms with Crippen molar-refractivity contribution in [2.24, 2.45) is 12.8 Å². The third-order valence-electron chi connectivity index (χ3n) is 4.24. The summed E-state index contributed by atoms with van der Waals surface area (Å²) in [4.78, 5) is 15.5. The molecule has 11 heteroatoms. The fraction of sp³-hybridized carbons (Fsp3) is 0.211. The summed E-state index contributed by atoms with van der Waals surface area (Å²) in [6, 6.07) is 6.66. The predicted molar refractivity (Wildman–Crippen MR) is 104 cm³/mol. The molecule has 0 spiro atoms. The van der Waals surface area contributed by atoms with Crippen LogP contribution in [0.15, 0.2) is 36.5 Å². The fourth-order valence-corrected chi connectivity index (χ4v) is 2.85. The lowest BCUT2D eigenvalue weighted by molar-refractivity contribution is -0.137. The van der Waals surface area contributed by atoms with Gasteiger partial charge in [0.1, 0.15) is 18.3 Å². The number of hydrogen-bond donors (Lipinski definition) is 3. The number of halogens is 4. The number of alkyl halides is 4. The smallest absolute Gasteiger partial charge is 0.366 e. The van der Waals surface area contributed by atoms with E-state index in [2.05, 4.69) is 20.7 Å². The van der Waals surface area contributed by atoms with Gasteiger partial charge in [-0.05, 0) is 24.6 Å². The molecule has 3 aromatic rings. The highest BCUT2D eigenvalue weighted by Crippen LogP contribution is 2.37. The number of carbonyl (C=O) groups excluding carboxylic acids is 1. The zero-order valence-corrected chi connectivity index (χ0v) is 16.0. The molecule has 0 aliphatic carbocycles. The van der Waals surface area contributed by atoms with Crippen molar-refractivity contribution in [3.63, 3.8) is 0 Å². The standard InChI is InChI=1S/C19H18F4N6O/c1-10-5-17(29(2)28-10)27-16-7-15(13(9-25-16)19(21,22)23)26-14-6-11(8-20)3-4-12(14)18(24)30/h3-7,9H,8H2,1-2H3,(H2,24,30)(H2,25,26,27). The zero-order chi connectivity index (χ0) is 22.1. The number of primary amides is 1. The van der Waals surface area contributed by atoms with E-state index in [0.717, 1.165) is 6.07 Å². The van der Waals surface area contributed by atoms with E-state index in [9.17, 15) is 22.4 Å². The number of carbonyl (C=O) groups is 1. The molecule has 30 heavy (non-hydrogen) atoms. The van der Waals surface area contributed by atoms with Crippen LogP contribution < -0.4 is 16.4 Å². The second-order valence-corrected chi connectivity index (χ2v) is 6.54. The average Bonchev–Trinajstić information content (AvgIpc) is 2.97. The summed E-state index contributed by atoms with van der Waals surface area (Å²) in [5.41, 5.74) is 4.63. The second kappa shape index (κ2) is 8.01. The molecule has 0 atom stereocenters. The van der Waals surface area contributed by atoms with Gasteiger partial charge in [-0.3, -0.25) is 9.48 Å². The molecule has 0 radical (unpaired) electrons. The van der Waals surface area contributed by atoms with Gasteiger partial charge in [0.25, 0.3) is 5.91 Å². The Morgan fingerprint density at radius 1 is 1.17 bits per heavy atom. The number of rotatable bonds is 6. The Bertz CT molecular complexity index is 1090. The second-order valence-electron chi connectivity index (χ2n) is 6.54. The number of nitrogens with one attached hydrogen (secondary N) is 2. The largest absolute Gasteiger partial charge is 0.419 e. The van der Waals surface area contributed by atoms with Crippen LogP contribution in [0.25, 0.3) is 0 Å². The van der Waals surface area contributed by atoms with Crippen LogP contribution in [0.2, 0.25) is 0 Å². The number of pyridine rings is 1. The van der Waals surface area contributed by atoms with Crippen molar-refractivity contribution < 1.29 is 22.4 Å².